The van der Waals surface area contributed by atoms with Crippen molar-refractivity contribution in [1.82, 2.24) is 30.4 Å². The SMILES string of the molecule is COc1cc(C=C2SC(=S)N(CCCCCc3nn[nH]n3)C2=O)cc(-c2cc(C(F)(F)F)cc(C(F)(F)F)c2)c1OCCN1CCOCC1. The van der Waals surface area contributed by atoms with E-state index < -0.39 is 23.5 Å². The van der Waals surface area contributed by atoms with Gasteiger partial charge in [-0.15, -0.1) is 10.2 Å². The minimum atomic E-state index is -5.06. The van der Waals surface area contributed by atoms with Crippen LogP contribution in [0.25, 0.3) is 17.2 Å². The molecule has 0 radical (unpaired) electrons. The van der Waals surface area contributed by atoms with E-state index in [9.17, 15) is 31.1 Å². The highest BCUT2D eigenvalue weighted by Gasteiger charge is 2.38. The third kappa shape index (κ3) is 9.49. The molecule has 2 aromatic carbocycles. The molecule has 264 valence electrons. The normalized spacial score (nSPS) is 17.0. The number of alkyl halides is 6. The highest BCUT2D eigenvalue weighted by molar-refractivity contribution is 8.26. The molecule has 2 aliphatic heterocycles. The molecule has 10 nitrogen and oxygen atoms in total. The molecule has 0 saturated carbocycles. The van der Waals surface area contributed by atoms with Crippen LogP contribution in [0.2, 0.25) is 0 Å². The maximum Gasteiger partial charge on any atom is 0.416 e. The molecule has 5 rings (SSSR count). The van der Waals surface area contributed by atoms with Crippen molar-refractivity contribution in [3.63, 3.8) is 0 Å². The zero-order valence-corrected chi connectivity index (χ0v) is 27.8. The van der Waals surface area contributed by atoms with E-state index in [1.165, 1.54) is 30.2 Å². The highest BCUT2D eigenvalue weighted by atomic mass is 32.2. The van der Waals surface area contributed by atoms with Crippen molar-refractivity contribution >= 4 is 40.3 Å². The number of morpholine rings is 1. The van der Waals surface area contributed by atoms with Gasteiger partial charge in [-0.2, -0.15) is 31.6 Å². The molecule has 1 amide bonds. The van der Waals surface area contributed by atoms with Crippen LogP contribution in [-0.4, -0.2) is 93.8 Å². The molecule has 49 heavy (non-hydrogen) atoms. The van der Waals surface area contributed by atoms with Crippen LogP contribution in [0.4, 0.5) is 26.3 Å². The van der Waals surface area contributed by atoms with Crippen LogP contribution in [0, 0.1) is 0 Å². The molecular formula is C31H32F6N6O4S2. The number of ether oxygens (including phenoxy) is 3. The monoisotopic (exact) mass is 730 g/mol. The number of hydrogen-bond donors (Lipinski definition) is 1. The second kappa shape index (κ2) is 15.9. The van der Waals surface area contributed by atoms with E-state index in [0.29, 0.717) is 80.1 Å². The number of H-pyrrole nitrogens is 1. The van der Waals surface area contributed by atoms with Crippen molar-refractivity contribution in [3.05, 3.63) is 57.8 Å². The van der Waals surface area contributed by atoms with E-state index in [1.807, 2.05) is 0 Å². The van der Waals surface area contributed by atoms with Crippen LogP contribution < -0.4 is 9.47 Å². The van der Waals surface area contributed by atoms with Gasteiger partial charge in [-0.05, 0) is 60.4 Å². The van der Waals surface area contributed by atoms with E-state index in [0.717, 1.165) is 24.6 Å². The summed E-state index contributed by atoms with van der Waals surface area (Å²) in [6.07, 6.45) is -5.80. The highest BCUT2D eigenvalue weighted by Crippen LogP contribution is 2.45. The average molecular weight is 731 g/mol. The Morgan fingerprint density at radius 1 is 1.00 bits per heavy atom. The number of benzene rings is 2. The number of aryl methyl sites for hydroxylation is 1. The first-order valence-corrected chi connectivity index (χ1v) is 16.5. The van der Waals surface area contributed by atoms with Crippen LogP contribution in [-0.2, 0) is 28.3 Å². The Hall–Kier alpha value is -3.74. The zero-order valence-electron chi connectivity index (χ0n) is 26.2. The number of halogens is 6. The van der Waals surface area contributed by atoms with E-state index in [1.54, 1.807) is 0 Å². The average Bonchev–Trinajstić information content (AvgIpc) is 3.68. The number of nitrogens with one attached hydrogen (secondary N) is 1. The lowest BCUT2D eigenvalue weighted by molar-refractivity contribution is -0.143. The lowest BCUT2D eigenvalue weighted by Gasteiger charge is -2.27. The summed E-state index contributed by atoms with van der Waals surface area (Å²) in [5, 5.41) is 13.7. The lowest BCUT2D eigenvalue weighted by Crippen LogP contribution is -2.38. The molecule has 3 aromatic rings. The van der Waals surface area contributed by atoms with Gasteiger partial charge in [0.1, 0.15) is 10.9 Å². The first-order valence-electron chi connectivity index (χ1n) is 15.3. The third-order valence-corrected chi connectivity index (χ3v) is 9.17. The molecule has 0 unspecified atom stereocenters. The fraction of sp³-hybridized carbons (Fsp3) is 0.452. The lowest BCUT2D eigenvalue weighted by atomic mass is 9.96. The minimum absolute atomic E-state index is 0.0336. The molecule has 2 aliphatic rings. The van der Waals surface area contributed by atoms with Gasteiger partial charge in [0.2, 0.25) is 0 Å². The Labute approximate surface area is 287 Å². The zero-order chi connectivity index (χ0) is 35.2. The molecule has 1 aromatic heterocycles. The van der Waals surface area contributed by atoms with Crippen molar-refractivity contribution in [2.45, 2.75) is 38.0 Å². The smallest absolute Gasteiger partial charge is 0.416 e. The number of thiocarbonyl (C=S) groups is 1. The molecule has 0 aliphatic carbocycles. The maximum absolute atomic E-state index is 13.9. The number of aromatic amines is 1. The molecule has 0 bridgehead atoms. The molecule has 2 saturated heterocycles. The van der Waals surface area contributed by atoms with Crippen molar-refractivity contribution in [2.24, 2.45) is 0 Å². The van der Waals surface area contributed by atoms with Gasteiger partial charge in [0, 0.05) is 38.2 Å². The van der Waals surface area contributed by atoms with Gasteiger partial charge in [0.15, 0.2) is 17.3 Å². The van der Waals surface area contributed by atoms with E-state index in [-0.39, 0.29) is 46.1 Å². The van der Waals surface area contributed by atoms with Crippen LogP contribution in [0.5, 0.6) is 11.5 Å². The van der Waals surface area contributed by atoms with Gasteiger partial charge >= 0.3 is 12.4 Å². The predicted molar refractivity (Wildman–Crippen MR) is 173 cm³/mol. The second-order valence-corrected chi connectivity index (χ2v) is 12.8. The Kier molecular flexibility index (Phi) is 11.8. The molecule has 0 spiro atoms. The van der Waals surface area contributed by atoms with Crippen LogP contribution in [0.15, 0.2) is 35.2 Å². The number of hydrogen-bond acceptors (Lipinski definition) is 10. The number of unbranched alkanes of at least 4 members (excludes halogenated alkanes) is 2. The molecule has 18 heteroatoms. The van der Waals surface area contributed by atoms with Crippen LogP contribution >= 0.6 is 24.0 Å². The summed E-state index contributed by atoms with van der Waals surface area (Å²) in [4.78, 5) is 17.1. The van der Waals surface area contributed by atoms with Gasteiger partial charge in [0.25, 0.3) is 5.91 Å². The fourth-order valence-electron chi connectivity index (χ4n) is 5.30. The number of aromatic nitrogens is 4. The van der Waals surface area contributed by atoms with Gasteiger partial charge in [-0.25, -0.2) is 0 Å². The number of amides is 1. The summed E-state index contributed by atoms with van der Waals surface area (Å²) >= 11 is 6.50. The Balaban J connectivity index is 1.45. The number of methoxy groups -OCH3 is 1. The fourth-order valence-corrected chi connectivity index (χ4v) is 6.60. The number of nitrogens with zero attached hydrogens (tertiary/aromatic N) is 5. The second-order valence-electron chi connectivity index (χ2n) is 11.2. The Morgan fingerprint density at radius 2 is 1.71 bits per heavy atom. The number of tetrazole rings is 1. The standard InChI is InChI=1S/C31H32F6N6O4S2/c1-45-24-14-19(15-25-28(44)43(29(48)49-25)6-4-2-3-5-26-38-40-41-39-26)13-23(27(24)47-12-9-42-7-10-46-11-8-42)20-16-21(30(32,33)34)18-22(17-20)31(35,36)37/h13-18H,2-12H2,1H3,(H,38,39,40,41). The van der Waals surface area contributed by atoms with Crippen molar-refractivity contribution in [1.29, 1.82) is 0 Å². The maximum atomic E-state index is 13.9. The summed E-state index contributed by atoms with van der Waals surface area (Å²) in [5.41, 5.74) is -3.11. The van der Waals surface area contributed by atoms with E-state index in [4.69, 9.17) is 26.4 Å². The van der Waals surface area contributed by atoms with Crippen molar-refractivity contribution in [2.75, 3.05) is 53.1 Å². The predicted octanol–water partition coefficient (Wildman–Crippen LogP) is 6.24. The molecule has 3 heterocycles. The number of thioether (sulfide) groups is 1. The van der Waals surface area contributed by atoms with E-state index in [2.05, 4.69) is 25.5 Å². The van der Waals surface area contributed by atoms with Gasteiger partial charge in [-0.3, -0.25) is 14.6 Å². The van der Waals surface area contributed by atoms with Crippen molar-refractivity contribution < 1.29 is 45.3 Å². The van der Waals surface area contributed by atoms with Gasteiger partial charge in [0.05, 0.1) is 36.4 Å². The van der Waals surface area contributed by atoms with E-state index >= 15 is 0 Å². The topological polar surface area (TPSA) is 106 Å². The number of carbonyl (C=O) groups excluding carboxylic acids is 1. The quantitative estimate of drug-likeness (QED) is 0.0941. The summed E-state index contributed by atoms with van der Waals surface area (Å²) < 4.78 is 100. The molecular weight excluding hydrogens is 699 g/mol. The summed E-state index contributed by atoms with van der Waals surface area (Å²) in [7, 11) is 1.31. The largest absolute Gasteiger partial charge is 0.493 e. The molecule has 2 fully saturated rings. The Bertz CT molecular complexity index is 1630. The molecule has 1 N–H and O–H groups in total. The third-order valence-electron chi connectivity index (χ3n) is 7.80. The van der Waals surface area contributed by atoms with Crippen molar-refractivity contribution in [3.8, 4) is 22.6 Å². The number of carbonyl (C=O) groups is 1. The first kappa shape index (κ1) is 36.5. The van der Waals surface area contributed by atoms with Crippen LogP contribution in [0.1, 0.15) is 41.8 Å². The Morgan fingerprint density at radius 3 is 2.35 bits per heavy atom. The van der Waals surface area contributed by atoms with Gasteiger partial charge < -0.3 is 14.2 Å². The summed E-state index contributed by atoms with van der Waals surface area (Å²) in [5.74, 6) is 0.261. The summed E-state index contributed by atoms with van der Waals surface area (Å²) in [6, 6.07) is 4.24. The summed E-state index contributed by atoms with van der Waals surface area (Å²) in [6.45, 7) is 3.22. The number of rotatable bonds is 13. The van der Waals surface area contributed by atoms with Crippen LogP contribution in [0.3, 0.4) is 0 Å². The first-order chi connectivity index (χ1) is 23.3. The minimum Gasteiger partial charge on any atom is -0.493 e. The molecule has 0 atom stereocenters. The van der Waals surface area contributed by atoms with Gasteiger partial charge in [-0.1, -0.05) is 35.6 Å².